The van der Waals surface area contributed by atoms with Gasteiger partial charge in [-0.05, 0) is 30.0 Å². The van der Waals surface area contributed by atoms with Gasteiger partial charge >= 0.3 is 0 Å². The quantitative estimate of drug-likeness (QED) is 0.830. The largest absolute Gasteiger partial charge is 0.494 e. The van der Waals surface area contributed by atoms with Crippen molar-refractivity contribution < 1.29 is 9.13 Å². The minimum atomic E-state index is -0.279. The van der Waals surface area contributed by atoms with Crippen LogP contribution in [0, 0.1) is 5.82 Å². The normalized spacial score (nSPS) is 11.5. The summed E-state index contributed by atoms with van der Waals surface area (Å²) in [6, 6.07) is 5.21. The summed E-state index contributed by atoms with van der Waals surface area (Å²) in [5, 5.41) is 0. The zero-order valence-electron chi connectivity index (χ0n) is 9.51. The van der Waals surface area contributed by atoms with Gasteiger partial charge in [0, 0.05) is 0 Å². The lowest BCUT2D eigenvalue weighted by molar-refractivity contribution is 0.373. The number of halogens is 1. The average Bonchev–Trinajstić information content (AvgIpc) is 2.17. The first-order chi connectivity index (χ1) is 7.03. The van der Waals surface area contributed by atoms with Crippen molar-refractivity contribution in [1.82, 2.24) is 0 Å². The fourth-order valence-corrected chi connectivity index (χ4v) is 1.69. The SMILES string of the molecule is COc1cccc(C(C)(C)CCN)c1F. The van der Waals surface area contributed by atoms with E-state index < -0.39 is 0 Å². The van der Waals surface area contributed by atoms with E-state index in [1.165, 1.54) is 7.11 Å². The average molecular weight is 211 g/mol. The summed E-state index contributed by atoms with van der Waals surface area (Å²) in [7, 11) is 1.47. The predicted molar refractivity (Wildman–Crippen MR) is 59.6 cm³/mol. The number of hydrogen-bond donors (Lipinski definition) is 1. The number of nitrogens with two attached hydrogens (primary N) is 1. The molecule has 1 aromatic rings. The van der Waals surface area contributed by atoms with Crippen LogP contribution in [0.25, 0.3) is 0 Å². The molecule has 2 N–H and O–H groups in total. The smallest absolute Gasteiger partial charge is 0.168 e. The molecule has 0 aliphatic rings. The van der Waals surface area contributed by atoms with Gasteiger partial charge in [-0.25, -0.2) is 4.39 Å². The van der Waals surface area contributed by atoms with Crippen LogP contribution in [0.2, 0.25) is 0 Å². The Labute approximate surface area is 90.2 Å². The number of rotatable bonds is 4. The van der Waals surface area contributed by atoms with E-state index in [1.807, 2.05) is 13.8 Å². The van der Waals surface area contributed by atoms with Gasteiger partial charge in [0.05, 0.1) is 7.11 Å². The molecule has 0 radical (unpaired) electrons. The molecule has 0 aliphatic carbocycles. The van der Waals surface area contributed by atoms with Crippen LogP contribution < -0.4 is 10.5 Å². The van der Waals surface area contributed by atoms with Crippen molar-refractivity contribution in [3.05, 3.63) is 29.6 Å². The lowest BCUT2D eigenvalue weighted by Crippen LogP contribution is -2.23. The highest BCUT2D eigenvalue weighted by Crippen LogP contribution is 2.32. The highest BCUT2D eigenvalue weighted by atomic mass is 19.1. The second-order valence-electron chi connectivity index (χ2n) is 4.24. The van der Waals surface area contributed by atoms with Crippen molar-refractivity contribution in [3.8, 4) is 5.75 Å². The van der Waals surface area contributed by atoms with Crippen LogP contribution in [0.3, 0.4) is 0 Å². The van der Waals surface area contributed by atoms with Gasteiger partial charge in [0.15, 0.2) is 11.6 Å². The summed E-state index contributed by atoms with van der Waals surface area (Å²) in [6.45, 7) is 4.51. The summed E-state index contributed by atoms with van der Waals surface area (Å²) in [5.41, 5.74) is 5.92. The standard InChI is InChI=1S/C12H18FNO/c1-12(2,7-8-14)9-5-4-6-10(15-3)11(9)13/h4-6H,7-8,14H2,1-3H3. The summed E-state index contributed by atoms with van der Waals surface area (Å²) in [4.78, 5) is 0. The van der Waals surface area contributed by atoms with Gasteiger partial charge in [-0.1, -0.05) is 26.0 Å². The number of ether oxygens (including phenoxy) is 1. The molecule has 0 spiro atoms. The lowest BCUT2D eigenvalue weighted by Gasteiger charge is -2.25. The maximum atomic E-state index is 13.9. The van der Waals surface area contributed by atoms with Gasteiger partial charge < -0.3 is 10.5 Å². The van der Waals surface area contributed by atoms with Crippen LogP contribution in [0.4, 0.5) is 4.39 Å². The topological polar surface area (TPSA) is 35.2 Å². The molecular formula is C12H18FNO. The van der Waals surface area contributed by atoms with E-state index in [0.29, 0.717) is 12.1 Å². The molecule has 0 atom stereocenters. The van der Waals surface area contributed by atoms with Crippen molar-refractivity contribution in [2.75, 3.05) is 13.7 Å². The third kappa shape index (κ3) is 2.48. The van der Waals surface area contributed by atoms with E-state index in [9.17, 15) is 4.39 Å². The Morgan fingerprint density at radius 2 is 2.07 bits per heavy atom. The molecule has 0 amide bonds. The Morgan fingerprint density at radius 1 is 1.40 bits per heavy atom. The Balaban J connectivity index is 3.14. The van der Waals surface area contributed by atoms with Crippen molar-refractivity contribution in [3.63, 3.8) is 0 Å². The van der Waals surface area contributed by atoms with E-state index in [-0.39, 0.29) is 17.0 Å². The second-order valence-corrected chi connectivity index (χ2v) is 4.24. The molecule has 0 bridgehead atoms. The third-order valence-electron chi connectivity index (χ3n) is 2.68. The molecular weight excluding hydrogens is 193 g/mol. The van der Waals surface area contributed by atoms with Crippen molar-refractivity contribution >= 4 is 0 Å². The number of hydrogen-bond acceptors (Lipinski definition) is 2. The maximum Gasteiger partial charge on any atom is 0.168 e. The predicted octanol–water partition coefficient (Wildman–Crippen LogP) is 2.46. The molecule has 0 unspecified atom stereocenters. The highest BCUT2D eigenvalue weighted by molar-refractivity contribution is 5.35. The fraction of sp³-hybridized carbons (Fsp3) is 0.500. The van der Waals surface area contributed by atoms with Crippen LogP contribution in [0.15, 0.2) is 18.2 Å². The van der Waals surface area contributed by atoms with Crippen LogP contribution in [0.5, 0.6) is 5.75 Å². The summed E-state index contributed by atoms with van der Waals surface area (Å²) >= 11 is 0. The molecule has 84 valence electrons. The van der Waals surface area contributed by atoms with E-state index >= 15 is 0 Å². The van der Waals surface area contributed by atoms with Crippen LogP contribution in [-0.4, -0.2) is 13.7 Å². The van der Waals surface area contributed by atoms with Crippen molar-refractivity contribution in [2.45, 2.75) is 25.7 Å². The van der Waals surface area contributed by atoms with E-state index in [0.717, 1.165) is 6.42 Å². The molecule has 0 saturated carbocycles. The van der Waals surface area contributed by atoms with Crippen LogP contribution >= 0.6 is 0 Å². The van der Waals surface area contributed by atoms with Gasteiger partial charge in [0.2, 0.25) is 0 Å². The minimum Gasteiger partial charge on any atom is -0.494 e. The van der Waals surface area contributed by atoms with Crippen LogP contribution in [-0.2, 0) is 5.41 Å². The Kier molecular flexibility index (Phi) is 3.69. The first kappa shape index (κ1) is 12.0. The Bertz CT molecular complexity index is 336. The zero-order chi connectivity index (χ0) is 11.5. The van der Waals surface area contributed by atoms with E-state index in [4.69, 9.17) is 10.5 Å². The molecule has 15 heavy (non-hydrogen) atoms. The molecule has 2 nitrogen and oxygen atoms in total. The summed E-state index contributed by atoms with van der Waals surface area (Å²) in [5.74, 6) is 0.0102. The summed E-state index contributed by atoms with van der Waals surface area (Å²) < 4.78 is 18.9. The van der Waals surface area contributed by atoms with Crippen molar-refractivity contribution in [2.24, 2.45) is 5.73 Å². The first-order valence-electron chi connectivity index (χ1n) is 5.06. The molecule has 0 aliphatic heterocycles. The zero-order valence-corrected chi connectivity index (χ0v) is 9.51. The van der Waals surface area contributed by atoms with Gasteiger partial charge in [-0.2, -0.15) is 0 Å². The maximum absolute atomic E-state index is 13.9. The van der Waals surface area contributed by atoms with Gasteiger partial charge in [0.25, 0.3) is 0 Å². The monoisotopic (exact) mass is 211 g/mol. The third-order valence-corrected chi connectivity index (χ3v) is 2.68. The highest BCUT2D eigenvalue weighted by Gasteiger charge is 2.24. The fourth-order valence-electron chi connectivity index (χ4n) is 1.69. The lowest BCUT2D eigenvalue weighted by atomic mass is 9.81. The molecule has 3 heteroatoms. The number of benzene rings is 1. The second kappa shape index (κ2) is 4.62. The molecule has 1 aromatic carbocycles. The molecule has 0 heterocycles. The summed E-state index contributed by atoms with van der Waals surface area (Å²) in [6.07, 6.45) is 0.747. The minimum absolute atomic E-state index is 0.257. The first-order valence-corrected chi connectivity index (χ1v) is 5.06. The van der Waals surface area contributed by atoms with E-state index in [1.54, 1.807) is 18.2 Å². The molecule has 0 fully saturated rings. The Hall–Kier alpha value is -1.09. The van der Waals surface area contributed by atoms with Gasteiger partial charge in [-0.15, -0.1) is 0 Å². The molecule has 0 saturated heterocycles. The Morgan fingerprint density at radius 3 is 2.60 bits per heavy atom. The molecule has 1 rings (SSSR count). The number of methoxy groups -OCH3 is 1. The van der Waals surface area contributed by atoms with Gasteiger partial charge in [-0.3, -0.25) is 0 Å². The van der Waals surface area contributed by atoms with Gasteiger partial charge in [0.1, 0.15) is 0 Å². The van der Waals surface area contributed by atoms with Crippen LogP contribution in [0.1, 0.15) is 25.8 Å². The molecule has 0 aromatic heterocycles. The van der Waals surface area contributed by atoms with Crippen molar-refractivity contribution in [1.29, 1.82) is 0 Å². The van der Waals surface area contributed by atoms with E-state index in [2.05, 4.69) is 0 Å².